The summed E-state index contributed by atoms with van der Waals surface area (Å²) in [6, 6.07) is 10.0. The quantitative estimate of drug-likeness (QED) is 0.762. The topological polar surface area (TPSA) is 46.2 Å². The third-order valence-corrected chi connectivity index (χ3v) is 2.06. The molecular weight excluding hydrogens is 174 g/mol. The Hall–Kier alpha value is -1.12. The van der Waals surface area contributed by atoms with Crippen molar-refractivity contribution in [3.8, 4) is 0 Å². The van der Waals surface area contributed by atoms with Crippen molar-refractivity contribution >= 4 is 6.08 Å². The van der Waals surface area contributed by atoms with E-state index in [0.29, 0.717) is 6.42 Å². The van der Waals surface area contributed by atoms with E-state index in [1.807, 2.05) is 49.4 Å². The van der Waals surface area contributed by atoms with Crippen LogP contribution in [0.5, 0.6) is 0 Å². The first kappa shape index (κ1) is 11.0. The second-order valence-corrected chi connectivity index (χ2v) is 3.83. The Kier molecular flexibility index (Phi) is 3.86. The monoisotopic (exact) mass is 191 g/mol. The summed E-state index contributed by atoms with van der Waals surface area (Å²) in [6.45, 7) is 1.84. The van der Waals surface area contributed by atoms with E-state index in [0.717, 1.165) is 5.56 Å². The fraction of sp³-hybridized carbons (Fsp3) is 0.333. The summed E-state index contributed by atoms with van der Waals surface area (Å²) in [5, 5.41) is 8.93. The maximum absolute atomic E-state index is 8.93. The lowest BCUT2D eigenvalue weighted by Gasteiger charge is -2.18. The molecule has 0 aromatic heterocycles. The third kappa shape index (κ3) is 3.73. The van der Waals surface area contributed by atoms with Gasteiger partial charge in [0.05, 0.1) is 6.61 Å². The van der Waals surface area contributed by atoms with Crippen LogP contribution in [0.15, 0.2) is 36.4 Å². The lowest BCUT2D eigenvalue weighted by atomic mass is 10.00. The Balaban J connectivity index is 2.50. The smallest absolute Gasteiger partial charge is 0.0611 e. The highest BCUT2D eigenvalue weighted by atomic mass is 16.3. The molecule has 0 amide bonds. The first-order valence-corrected chi connectivity index (χ1v) is 4.75. The van der Waals surface area contributed by atoms with Gasteiger partial charge in [-0.15, -0.1) is 0 Å². The highest BCUT2D eigenvalue weighted by Gasteiger charge is 2.13. The lowest BCUT2D eigenvalue weighted by molar-refractivity contribution is 0.210. The summed E-state index contributed by atoms with van der Waals surface area (Å²) in [5.41, 5.74) is 6.42. The van der Waals surface area contributed by atoms with Gasteiger partial charge in [-0.05, 0) is 18.9 Å². The molecule has 0 saturated carbocycles. The standard InChI is InChI=1S/C12H17NO/c1-12(13,10-14)9-5-8-11-6-3-2-4-7-11/h2-8,14H,9-10,13H2,1H3/b8-5+. The van der Waals surface area contributed by atoms with Crippen LogP contribution in [0.4, 0.5) is 0 Å². The van der Waals surface area contributed by atoms with Crippen molar-refractivity contribution in [2.45, 2.75) is 18.9 Å². The van der Waals surface area contributed by atoms with E-state index in [4.69, 9.17) is 10.8 Å². The van der Waals surface area contributed by atoms with Gasteiger partial charge in [-0.1, -0.05) is 42.5 Å². The molecule has 1 rings (SSSR count). The van der Waals surface area contributed by atoms with Crippen molar-refractivity contribution in [1.29, 1.82) is 0 Å². The van der Waals surface area contributed by atoms with Gasteiger partial charge in [0.1, 0.15) is 0 Å². The molecule has 0 aliphatic carbocycles. The molecular formula is C12H17NO. The first-order valence-electron chi connectivity index (χ1n) is 4.75. The van der Waals surface area contributed by atoms with Crippen LogP contribution in [-0.2, 0) is 0 Å². The maximum Gasteiger partial charge on any atom is 0.0611 e. The van der Waals surface area contributed by atoms with Crippen LogP contribution in [0, 0.1) is 0 Å². The zero-order chi connectivity index (χ0) is 10.4. The highest BCUT2D eigenvalue weighted by molar-refractivity contribution is 5.48. The van der Waals surface area contributed by atoms with Crippen molar-refractivity contribution in [2.75, 3.05) is 6.61 Å². The number of nitrogens with two attached hydrogens (primary N) is 1. The van der Waals surface area contributed by atoms with Crippen LogP contribution in [0.2, 0.25) is 0 Å². The van der Waals surface area contributed by atoms with E-state index in [1.54, 1.807) is 0 Å². The predicted octanol–water partition coefficient (Wildman–Crippen LogP) is 1.80. The van der Waals surface area contributed by atoms with Gasteiger partial charge in [-0.25, -0.2) is 0 Å². The van der Waals surface area contributed by atoms with E-state index < -0.39 is 5.54 Å². The minimum Gasteiger partial charge on any atom is -0.394 e. The highest BCUT2D eigenvalue weighted by Crippen LogP contribution is 2.08. The molecule has 0 heterocycles. The first-order chi connectivity index (χ1) is 6.64. The fourth-order valence-corrected chi connectivity index (χ4v) is 1.09. The van der Waals surface area contributed by atoms with Gasteiger partial charge in [-0.2, -0.15) is 0 Å². The number of hydrogen-bond donors (Lipinski definition) is 2. The van der Waals surface area contributed by atoms with Gasteiger partial charge in [-0.3, -0.25) is 0 Å². The summed E-state index contributed by atoms with van der Waals surface area (Å²) in [4.78, 5) is 0. The maximum atomic E-state index is 8.93. The molecule has 1 unspecified atom stereocenters. The van der Waals surface area contributed by atoms with E-state index >= 15 is 0 Å². The van der Waals surface area contributed by atoms with Crippen molar-refractivity contribution in [1.82, 2.24) is 0 Å². The second-order valence-electron chi connectivity index (χ2n) is 3.83. The Morgan fingerprint density at radius 3 is 2.57 bits per heavy atom. The third-order valence-electron chi connectivity index (χ3n) is 2.06. The van der Waals surface area contributed by atoms with Crippen molar-refractivity contribution in [2.24, 2.45) is 5.73 Å². The Morgan fingerprint density at radius 1 is 1.36 bits per heavy atom. The van der Waals surface area contributed by atoms with E-state index in [-0.39, 0.29) is 6.61 Å². The van der Waals surface area contributed by atoms with Crippen LogP contribution < -0.4 is 5.73 Å². The summed E-state index contributed by atoms with van der Waals surface area (Å²) in [7, 11) is 0. The van der Waals surface area contributed by atoms with Crippen molar-refractivity contribution < 1.29 is 5.11 Å². The van der Waals surface area contributed by atoms with Crippen LogP contribution >= 0.6 is 0 Å². The van der Waals surface area contributed by atoms with E-state index in [9.17, 15) is 0 Å². The number of benzene rings is 1. The number of aliphatic hydroxyl groups is 1. The Bertz CT molecular complexity index is 290. The number of rotatable bonds is 4. The minimum absolute atomic E-state index is 0.00608. The van der Waals surface area contributed by atoms with Gasteiger partial charge in [0.15, 0.2) is 0 Å². The minimum atomic E-state index is -0.509. The van der Waals surface area contributed by atoms with Gasteiger partial charge >= 0.3 is 0 Å². The molecule has 2 heteroatoms. The average Bonchev–Trinajstić information content (AvgIpc) is 2.19. The Labute approximate surface area is 85.1 Å². The van der Waals surface area contributed by atoms with Crippen LogP contribution in [-0.4, -0.2) is 17.3 Å². The van der Waals surface area contributed by atoms with Gasteiger partial charge < -0.3 is 10.8 Å². The molecule has 14 heavy (non-hydrogen) atoms. The summed E-state index contributed by atoms with van der Waals surface area (Å²) >= 11 is 0. The molecule has 0 aliphatic rings. The normalized spacial score (nSPS) is 15.6. The fourth-order valence-electron chi connectivity index (χ4n) is 1.09. The van der Waals surface area contributed by atoms with Crippen LogP contribution in [0.3, 0.4) is 0 Å². The van der Waals surface area contributed by atoms with Gasteiger partial charge in [0.2, 0.25) is 0 Å². The zero-order valence-electron chi connectivity index (χ0n) is 8.48. The van der Waals surface area contributed by atoms with Crippen LogP contribution in [0.1, 0.15) is 18.9 Å². The molecule has 1 aromatic carbocycles. The SMILES string of the molecule is CC(N)(CO)C/C=C/c1ccccc1. The summed E-state index contributed by atoms with van der Waals surface area (Å²) in [6.07, 6.45) is 4.69. The molecule has 1 atom stereocenters. The summed E-state index contributed by atoms with van der Waals surface area (Å²) in [5.74, 6) is 0. The van der Waals surface area contributed by atoms with Gasteiger partial charge in [0.25, 0.3) is 0 Å². The van der Waals surface area contributed by atoms with Crippen LogP contribution in [0.25, 0.3) is 6.08 Å². The van der Waals surface area contributed by atoms with Gasteiger partial charge in [0, 0.05) is 5.54 Å². The molecule has 0 radical (unpaired) electrons. The molecule has 1 aromatic rings. The average molecular weight is 191 g/mol. The molecule has 0 aliphatic heterocycles. The number of hydrogen-bond acceptors (Lipinski definition) is 2. The van der Waals surface area contributed by atoms with E-state index in [2.05, 4.69) is 0 Å². The largest absolute Gasteiger partial charge is 0.394 e. The number of aliphatic hydroxyl groups excluding tert-OH is 1. The predicted molar refractivity (Wildman–Crippen MR) is 59.8 cm³/mol. The molecule has 0 bridgehead atoms. The second kappa shape index (κ2) is 4.94. The molecule has 2 nitrogen and oxygen atoms in total. The van der Waals surface area contributed by atoms with Crippen molar-refractivity contribution in [3.05, 3.63) is 42.0 Å². The molecule has 0 saturated heterocycles. The molecule has 76 valence electrons. The lowest BCUT2D eigenvalue weighted by Crippen LogP contribution is -2.39. The van der Waals surface area contributed by atoms with E-state index in [1.165, 1.54) is 0 Å². The molecule has 0 spiro atoms. The Morgan fingerprint density at radius 2 is 2.00 bits per heavy atom. The molecule has 3 N–H and O–H groups in total. The van der Waals surface area contributed by atoms with Crippen molar-refractivity contribution in [3.63, 3.8) is 0 Å². The summed E-state index contributed by atoms with van der Waals surface area (Å²) < 4.78 is 0. The molecule has 0 fully saturated rings. The zero-order valence-corrected chi connectivity index (χ0v) is 8.48.